The van der Waals surface area contributed by atoms with E-state index in [0.29, 0.717) is 41.7 Å². The molecule has 186 valence electrons. The minimum absolute atomic E-state index is 0.111. The molecule has 36 heavy (non-hydrogen) atoms. The molecule has 0 aliphatic carbocycles. The Labute approximate surface area is 208 Å². The van der Waals surface area contributed by atoms with Crippen molar-refractivity contribution in [2.24, 2.45) is 0 Å². The first-order chi connectivity index (χ1) is 17.4. The number of aliphatic hydroxyl groups is 1. The standard InChI is InChI=1S/C28H26FNO6/c1-4-35-21-14-15-22(23(16-21)36-5-2)26(31)24-25(17-6-12-20(34-3)13-7-17)30(28(33)27(24)32)19-10-8-18(29)9-11-19/h6-16,25,31H,4-5H2,1-3H3/b26-24-. The summed E-state index contributed by atoms with van der Waals surface area (Å²) in [7, 11) is 1.53. The van der Waals surface area contributed by atoms with Crippen LogP contribution in [0.2, 0.25) is 0 Å². The molecule has 0 radical (unpaired) electrons. The highest BCUT2D eigenvalue weighted by Gasteiger charge is 2.47. The summed E-state index contributed by atoms with van der Waals surface area (Å²) in [5.41, 5.74) is 1.01. The lowest BCUT2D eigenvalue weighted by Gasteiger charge is -2.25. The van der Waals surface area contributed by atoms with Crippen LogP contribution in [0.1, 0.15) is 31.0 Å². The van der Waals surface area contributed by atoms with Crippen LogP contribution >= 0.6 is 0 Å². The molecule has 1 saturated heterocycles. The molecule has 1 heterocycles. The Morgan fingerprint density at radius 2 is 1.56 bits per heavy atom. The van der Waals surface area contributed by atoms with E-state index in [9.17, 15) is 19.1 Å². The van der Waals surface area contributed by atoms with Crippen LogP contribution in [0, 0.1) is 5.82 Å². The maximum absolute atomic E-state index is 13.6. The first kappa shape index (κ1) is 24.8. The van der Waals surface area contributed by atoms with E-state index in [-0.39, 0.29) is 16.9 Å². The molecule has 8 heteroatoms. The second-order valence-electron chi connectivity index (χ2n) is 7.94. The zero-order valence-corrected chi connectivity index (χ0v) is 20.2. The average molecular weight is 492 g/mol. The number of rotatable bonds is 8. The van der Waals surface area contributed by atoms with Crippen molar-refractivity contribution in [2.45, 2.75) is 19.9 Å². The normalized spacial score (nSPS) is 16.8. The lowest BCUT2D eigenvalue weighted by molar-refractivity contribution is -0.132. The number of anilines is 1. The van der Waals surface area contributed by atoms with Gasteiger partial charge in [0.15, 0.2) is 0 Å². The van der Waals surface area contributed by atoms with Crippen LogP contribution in [0.15, 0.2) is 72.3 Å². The van der Waals surface area contributed by atoms with E-state index < -0.39 is 23.5 Å². The van der Waals surface area contributed by atoms with Crippen molar-refractivity contribution in [3.63, 3.8) is 0 Å². The number of ether oxygens (including phenoxy) is 3. The topological polar surface area (TPSA) is 85.3 Å². The fourth-order valence-corrected chi connectivity index (χ4v) is 4.18. The van der Waals surface area contributed by atoms with Gasteiger partial charge in [-0.2, -0.15) is 0 Å². The van der Waals surface area contributed by atoms with Crippen molar-refractivity contribution in [3.05, 3.63) is 89.2 Å². The number of hydrogen-bond donors (Lipinski definition) is 1. The van der Waals surface area contributed by atoms with E-state index in [1.165, 1.54) is 36.3 Å². The third-order valence-corrected chi connectivity index (χ3v) is 5.80. The van der Waals surface area contributed by atoms with Gasteiger partial charge in [-0.05, 0) is 67.9 Å². The van der Waals surface area contributed by atoms with Gasteiger partial charge in [0.25, 0.3) is 11.7 Å². The van der Waals surface area contributed by atoms with E-state index >= 15 is 0 Å². The third-order valence-electron chi connectivity index (χ3n) is 5.80. The average Bonchev–Trinajstić information content (AvgIpc) is 3.15. The third kappa shape index (κ3) is 4.62. The number of nitrogens with zero attached hydrogens (tertiary/aromatic N) is 1. The smallest absolute Gasteiger partial charge is 0.300 e. The number of halogens is 1. The number of carbonyl (C=O) groups excluding carboxylic acids is 2. The summed E-state index contributed by atoms with van der Waals surface area (Å²) in [6, 6.07) is 16.0. The highest BCUT2D eigenvalue weighted by Crippen LogP contribution is 2.44. The molecule has 0 spiro atoms. The summed E-state index contributed by atoms with van der Waals surface area (Å²) < 4.78 is 30.1. The quantitative estimate of drug-likeness (QED) is 0.263. The fourth-order valence-electron chi connectivity index (χ4n) is 4.18. The van der Waals surface area contributed by atoms with Gasteiger partial charge < -0.3 is 19.3 Å². The van der Waals surface area contributed by atoms with Crippen molar-refractivity contribution in [2.75, 3.05) is 25.2 Å². The molecular weight excluding hydrogens is 465 g/mol. The van der Waals surface area contributed by atoms with Crippen LogP contribution in [0.4, 0.5) is 10.1 Å². The molecule has 4 rings (SSSR count). The minimum Gasteiger partial charge on any atom is -0.507 e. The Hall–Kier alpha value is -4.33. The highest BCUT2D eigenvalue weighted by atomic mass is 19.1. The summed E-state index contributed by atoms with van der Waals surface area (Å²) >= 11 is 0. The number of Topliss-reactive ketones (excluding diaryl/α,β-unsaturated/α-hetero) is 1. The molecule has 0 aromatic heterocycles. The molecule has 3 aromatic carbocycles. The van der Waals surface area contributed by atoms with Crippen molar-refractivity contribution in [3.8, 4) is 17.2 Å². The van der Waals surface area contributed by atoms with Crippen LogP contribution in [0.5, 0.6) is 17.2 Å². The van der Waals surface area contributed by atoms with Crippen LogP contribution in [0.25, 0.3) is 5.76 Å². The molecule has 3 aromatic rings. The van der Waals surface area contributed by atoms with Gasteiger partial charge in [0.1, 0.15) is 28.8 Å². The van der Waals surface area contributed by atoms with Gasteiger partial charge >= 0.3 is 0 Å². The molecular formula is C28H26FNO6. The molecule has 1 unspecified atom stereocenters. The number of methoxy groups -OCH3 is 1. The molecule has 7 nitrogen and oxygen atoms in total. The summed E-state index contributed by atoms with van der Waals surface area (Å²) in [6.45, 7) is 4.39. The Bertz CT molecular complexity index is 1300. The zero-order valence-electron chi connectivity index (χ0n) is 20.2. The van der Waals surface area contributed by atoms with Crippen molar-refractivity contribution in [1.82, 2.24) is 0 Å². The number of aliphatic hydroxyl groups excluding tert-OH is 1. The minimum atomic E-state index is -0.970. The number of benzene rings is 3. The molecule has 1 fully saturated rings. The first-order valence-corrected chi connectivity index (χ1v) is 11.5. The van der Waals surface area contributed by atoms with Gasteiger partial charge in [-0.25, -0.2) is 4.39 Å². The molecule has 1 aliphatic heterocycles. The van der Waals surface area contributed by atoms with Crippen molar-refractivity contribution in [1.29, 1.82) is 0 Å². The summed E-state index contributed by atoms with van der Waals surface area (Å²) in [4.78, 5) is 27.9. The first-order valence-electron chi connectivity index (χ1n) is 11.5. The Balaban J connectivity index is 1.93. The molecule has 1 amide bonds. The summed E-state index contributed by atoms with van der Waals surface area (Å²) in [6.07, 6.45) is 0. The maximum atomic E-state index is 13.6. The molecule has 0 saturated carbocycles. The van der Waals surface area contributed by atoms with Crippen molar-refractivity contribution < 1.29 is 33.3 Å². The number of ketones is 1. The van der Waals surface area contributed by atoms with Gasteiger partial charge in [-0.15, -0.1) is 0 Å². The molecule has 1 N–H and O–H groups in total. The fraction of sp³-hybridized carbons (Fsp3) is 0.214. The predicted molar refractivity (Wildman–Crippen MR) is 133 cm³/mol. The van der Waals surface area contributed by atoms with E-state index in [2.05, 4.69) is 0 Å². The lowest BCUT2D eigenvalue weighted by Crippen LogP contribution is -2.29. The Morgan fingerprint density at radius 3 is 2.17 bits per heavy atom. The molecule has 0 bridgehead atoms. The predicted octanol–water partition coefficient (Wildman–Crippen LogP) is 5.26. The van der Waals surface area contributed by atoms with Crippen molar-refractivity contribution >= 4 is 23.1 Å². The second-order valence-corrected chi connectivity index (χ2v) is 7.94. The maximum Gasteiger partial charge on any atom is 0.300 e. The van der Waals surface area contributed by atoms with E-state index in [1.807, 2.05) is 6.92 Å². The van der Waals surface area contributed by atoms with Gasteiger partial charge in [0.05, 0.1) is 37.5 Å². The lowest BCUT2D eigenvalue weighted by atomic mass is 9.94. The molecule has 1 atom stereocenters. The van der Waals surface area contributed by atoms with E-state index in [0.717, 1.165) is 0 Å². The van der Waals surface area contributed by atoms with Crippen LogP contribution in [0.3, 0.4) is 0 Å². The number of hydrogen-bond acceptors (Lipinski definition) is 6. The van der Waals surface area contributed by atoms with E-state index in [1.54, 1.807) is 49.4 Å². The largest absolute Gasteiger partial charge is 0.507 e. The summed E-state index contributed by atoms with van der Waals surface area (Å²) in [5.74, 6) is -1.14. The monoisotopic (exact) mass is 491 g/mol. The Morgan fingerprint density at radius 1 is 0.917 bits per heavy atom. The van der Waals surface area contributed by atoms with Crippen LogP contribution < -0.4 is 19.1 Å². The highest BCUT2D eigenvalue weighted by molar-refractivity contribution is 6.51. The van der Waals surface area contributed by atoms with E-state index in [4.69, 9.17) is 14.2 Å². The zero-order chi connectivity index (χ0) is 25.8. The SMILES string of the molecule is CCOc1ccc(/C(O)=C2/C(=O)C(=O)N(c3ccc(F)cc3)C2c2ccc(OC)cc2)c(OCC)c1. The number of carbonyl (C=O) groups is 2. The van der Waals surface area contributed by atoms with Crippen LogP contribution in [-0.4, -0.2) is 37.1 Å². The molecule has 1 aliphatic rings. The second kappa shape index (κ2) is 10.5. The summed E-state index contributed by atoms with van der Waals surface area (Å²) in [5, 5.41) is 11.5. The van der Waals surface area contributed by atoms with Gasteiger partial charge in [0, 0.05) is 11.8 Å². The van der Waals surface area contributed by atoms with Crippen LogP contribution in [-0.2, 0) is 9.59 Å². The van der Waals surface area contributed by atoms with Gasteiger partial charge in [0.2, 0.25) is 0 Å². The Kier molecular flexibility index (Phi) is 7.24. The van der Waals surface area contributed by atoms with Gasteiger partial charge in [-0.1, -0.05) is 12.1 Å². The number of amides is 1. The van der Waals surface area contributed by atoms with Gasteiger partial charge in [-0.3, -0.25) is 14.5 Å².